The summed E-state index contributed by atoms with van der Waals surface area (Å²) in [6.07, 6.45) is 3.22. The van der Waals surface area contributed by atoms with Gasteiger partial charge < -0.3 is 19.8 Å². The Hall–Kier alpha value is -4.98. The molecule has 1 aliphatic rings. The molecule has 0 radical (unpaired) electrons. The molecule has 5 aromatic rings. The van der Waals surface area contributed by atoms with Crippen LogP contribution < -0.4 is 15.4 Å². The van der Waals surface area contributed by atoms with Gasteiger partial charge in [-0.2, -0.15) is 0 Å². The predicted octanol–water partition coefficient (Wildman–Crippen LogP) is 7.18. The quantitative estimate of drug-likeness (QED) is 0.204. The number of hydrogen-bond donors (Lipinski definition) is 2. The van der Waals surface area contributed by atoms with Gasteiger partial charge in [0, 0.05) is 24.2 Å². The van der Waals surface area contributed by atoms with Crippen LogP contribution in [0.2, 0.25) is 0 Å². The number of nitrogens with zero attached hydrogens (tertiary/aromatic N) is 1. The number of benzene rings is 3. The maximum atomic E-state index is 13.8. The van der Waals surface area contributed by atoms with Crippen LogP contribution in [0.3, 0.4) is 0 Å². The van der Waals surface area contributed by atoms with E-state index in [1.54, 1.807) is 25.4 Å². The molecule has 1 saturated carbocycles. The highest BCUT2D eigenvalue weighted by Crippen LogP contribution is 2.45. The molecule has 2 N–H and O–H groups in total. The number of aryl methyl sites for hydroxylation is 1. The summed E-state index contributed by atoms with van der Waals surface area (Å²) in [6, 6.07) is 20.9. The Morgan fingerprint density at radius 3 is 2.37 bits per heavy atom. The van der Waals surface area contributed by atoms with Gasteiger partial charge in [0.25, 0.3) is 11.8 Å². The molecule has 2 amide bonds. The van der Waals surface area contributed by atoms with Crippen LogP contribution in [0.25, 0.3) is 33.4 Å². The van der Waals surface area contributed by atoms with Crippen LogP contribution in [-0.4, -0.2) is 29.9 Å². The van der Waals surface area contributed by atoms with E-state index < -0.39 is 5.54 Å². The van der Waals surface area contributed by atoms with Gasteiger partial charge in [-0.15, -0.1) is 0 Å². The van der Waals surface area contributed by atoms with E-state index >= 15 is 0 Å². The van der Waals surface area contributed by atoms with Crippen molar-refractivity contribution in [3.05, 3.63) is 107 Å². The second kappa shape index (κ2) is 11.0. The number of carbonyl (C=O) groups is 2. The van der Waals surface area contributed by atoms with E-state index in [1.165, 1.54) is 12.1 Å². The third kappa shape index (κ3) is 5.36. The first kappa shape index (κ1) is 28.2. The van der Waals surface area contributed by atoms with E-state index in [1.807, 2.05) is 69.3 Å². The third-order valence-corrected chi connectivity index (χ3v) is 7.75. The molecule has 0 unspecified atom stereocenters. The van der Waals surface area contributed by atoms with Crippen molar-refractivity contribution in [3.63, 3.8) is 0 Å². The Balaban J connectivity index is 1.45. The number of carbonyl (C=O) groups excluding carboxylic acids is 2. The molecule has 6 rings (SSSR count). The molecule has 1 fully saturated rings. The van der Waals surface area contributed by atoms with E-state index in [0.29, 0.717) is 39.2 Å². The molecule has 1 aliphatic carbocycles. The SMILES string of the molecule is CNC(=O)c1c(-c2ccc(F)cc2)oc2ccc(-c3cc(C(=O)NC4(c5ccccn5)CC4)c(OC(C)C)cc3C)cc12. The molecule has 3 aromatic carbocycles. The highest BCUT2D eigenvalue weighted by atomic mass is 19.1. The molecule has 2 heterocycles. The van der Waals surface area contributed by atoms with Crippen LogP contribution in [0.1, 0.15) is 58.7 Å². The van der Waals surface area contributed by atoms with Crippen LogP contribution in [0, 0.1) is 12.7 Å². The van der Waals surface area contributed by atoms with Crippen molar-refractivity contribution >= 4 is 22.8 Å². The zero-order chi connectivity index (χ0) is 30.3. The summed E-state index contributed by atoms with van der Waals surface area (Å²) < 4.78 is 25.9. The lowest BCUT2D eigenvalue weighted by Crippen LogP contribution is -2.35. The van der Waals surface area contributed by atoms with E-state index in [-0.39, 0.29) is 23.7 Å². The summed E-state index contributed by atoms with van der Waals surface area (Å²) in [5.41, 5.74) is 4.75. The molecule has 0 saturated heterocycles. The Labute approximate surface area is 249 Å². The van der Waals surface area contributed by atoms with E-state index in [4.69, 9.17) is 9.15 Å². The van der Waals surface area contributed by atoms with Crippen molar-refractivity contribution in [2.24, 2.45) is 0 Å². The molecule has 0 atom stereocenters. The van der Waals surface area contributed by atoms with Crippen molar-refractivity contribution in [3.8, 4) is 28.2 Å². The van der Waals surface area contributed by atoms with Crippen LogP contribution in [-0.2, 0) is 5.54 Å². The first-order valence-electron chi connectivity index (χ1n) is 14.3. The Morgan fingerprint density at radius 1 is 0.977 bits per heavy atom. The molecule has 7 nitrogen and oxygen atoms in total. The summed E-state index contributed by atoms with van der Waals surface area (Å²) >= 11 is 0. The van der Waals surface area contributed by atoms with Crippen molar-refractivity contribution in [1.29, 1.82) is 0 Å². The molecule has 0 bridgehead atoms. The number of rotatable bonds is 8. The smallest absolute Gasteiger partial charge is 0.255 e. The van der Waals surface area contributed by atoms with Crippen molar-refractivity contribution in [2.45, 2.75) is 45.3 Å². The number of pyridine rings is 1. The van der Waals surface area contributed by atoms with Gasteiger partial charge in [-0.1, -0.05) is 12.1 Å². The maximum Gasteiger partial charge on any atom is 0.255 e. The summed E-state index contributed by atoms with van der Waals surface area (Å²) in [6.45, 7) is 5.81. The highest BCUT2D eigenvalue weighted by molar-refractivity contribution is 6.12. The summed E-state index contributed by atoms with van der Waals surface area (Å²) in [7, 11) is 1.56. The molecule has 2 aromatic heterocycles. The Bertz CT molecular complexity index is 1840. The number of halogens is 1. The minimum absolute atomic E-state index is 0.134. The van der Waals surface area contributed by atoms with Gasteiger partial charge in [0.1, 0.15) is 22.9 Å². The molecule has 43 heavy (non-hydrogen) atoms. The monoisotopic (exact) mass is 577 g/mol. The predicted molar refractivity (Wildman–Crippen MR) is 164 cm³/mol. The van der Waals surface area contributed by atoms with Crippen molar-refractivity contribution in [1.82, 2.24) is 15.6 Å². The van der Waals surface area contributed by atoms with Crippen LogP contribution in [0.15, 0.2) is 83.4 Å². The van der Waals surface area contributed by atoms with Gasteiger partial charge in [0.15, 0.2) is 0 Å². The zero-order valence-electron chi connectivity index (χ0n) is 24.5. The fourth-order valence-corrected chi connectivity index (χ4v) is 5.44. The average molecular weight is 578 g/mol. The lowest BCUT2D eigenvalue weighted by atomic mass is 9.94. The van der Waals surface area contributed by atoms with Gasteiger partial charge in [-0.05, 0) is 111 Å². The molecule has 218 valence electrons. The Kier molecular flexibility index (Phi) is 7.22. The number of ether oxygens (including phenoxy) is 1. The van der Waals surface area contributed by atoms with Crippen LogP contribution >= 0.6 is 0 Å². The first-order chi connectivity index (χ1) is 20.7. The zero-order valence-corrected chi connectivity index (χ0v) is 24.5. The minimum atomic E-state index is -0.493. The maximum absolute atomic E-state index is 13.8. The summed E-state index contributed by atoms with van der Waals surface area (Å²) in [5.74, 6) is -0.0876. The topological polar surface area (TPSA) is 93.5 Å². The molecular formula is C35H32FN3O4. The average Bonchev–Trinajstić information content (AvgIpc) is 3.68. The van der Waals surface area contributed by atoms with Gasteiger partial charge >= 0.3 is 0 Å². The van der Waals surface area contributed by atoms with E-state index in [0.717, 1.165) is 35.2 Å². The third-order valence-electron chi connectivity index (χ3n) is 7.75. The molecular weight excluding hydrogens is 545 g/mol. The van der Waals surface area contributed by atoms with Gasteiger partial charge in [0.2, 0.25) is 0 Å². The number of hydrogen-bond acceptors (Lipinski definition) is 5. The van der Waals surface area contributed by atoms with Crippen molar-refractivity contribution < 1.29 is 23.1 Å². The number of furan rings is 1. The van der Waals surface area contributed by atoms with Gasteiger partial charge in [-0.25, -0.2) is 4.39 Å². The normalized spacial score (nSPS) is 13.6. The standard InChI is InChI=1S/C35H32FN3O4/c1-20(2)42-29-17-21(3)25(19-27(29)33(40)39-35(14-15-35)30-7-5-6-16-38-30)23-10-13-28-26(18-23)31(34(41)37-4)32(43-28)22-8-11-24(36)12-9-22/h5-13,16-20H,14-15H2,1-4H3,(H,37,41)(H,39,40). The fraction of sp³-hybridized carbons (Fsp3) is 0.229. The molecule has 8 heteroatoms. The van der Waals surface area contributed by atoms with Gasteiger partial charge in [0.05, 0.1) is 28.5 Å². The number of aromatic nitrogens is 1. The van der Waals surface area contributed by atoms with Crippen molar-refractivity contribution in [2.75, 3.05) is 7.05 Å². The highest BCUT2D eigenvalue weighted by Gasteiger charge is 2.47. The summed E-state index contributed by atoms with van der Waals surface area (Å²) in [5, 5.41) is 6.52. The summed E-state index contributed by atoms with van der Waals surface area (Å²) in [4.78, 5) is 31.4. The lowest BCUT2D eigenvalue weighted by Gasteiger charge is -2.21. The second-order valence-corrected chi connectivity index (χ2v) is 11.2. The van der Waals surface area contributed by atoms with E-state index in [2.05, 4.69) is 15.6 Å². The number of amides is 2. The molecule has 0 spiro atoms. The van der Waals surface area contributed by atoms with Crippen LogP contribution in [0.4, 0.5) is 4.39 Å². The minimum Gasteiger partial charge on any atom is -0.490 e. The fourth-order valence-electron chi connectivity index (χ4n) is 5.44. The number of fused-ring (bicyclic) bond motifs is 1. The van der Waals surface area contributed by atoms with E-state index in [9.17, 15) is 14.0 Å². The van der Waals surface area contributed by atoms with Crippen LogP contribution in [0.5, 0.6) is 5.75 Å². The first-order valence-corrected chi connectivity index (χ1v) is 14.3. The second-order valence-electron chi connectivity index (χ2n) is 11.2. The molecule has 0 aliphatic heterocycles. The Morgan fingerprint density at radius 2 is 1.72 bits per heavy atom. The largest absolute Gasteiger partial charge is 0.490 e. The number of nitrogens with one attached hydrogen (secondary N) is 2. The van der Waals surface area contributed by atoms with Gasteiger partial charge in [-0.3, -0.25) is 14.6 Å². The lowest BCUT2D eigenvalue weighted by molar-refractivity contribution is 0.0922.